The third-order valence-electron chi connectivity index (χ3n) is 2.52. The number of rotatable bonds is 2. The first-order valence-corrected chi connectivity index (χ1v) is 5.15. The number of nitrogens with one attached hydrogen (secondary N) is 1. The number of hydrogen-bond acceptors (Lipinski definition) is 2. The second-order valence-electron chi connectivity index (χ2n) is 4.29. The number of nitrogens with two attached hydrogens (primary N) is 1. The molecule has 0 radical (unpaired) electrons. The summed E-state index contributed by atoms with van der Waals surface area (Å²) in [5.41, 5.74) is 5.81. The fourth-order valence-corrected chi connectivity index (χ4v) is 1.87. The van der Waals surface area contributed by atoms with Crippen LogP contribution in [-0.2, 0) is 4.79 Å². The molecular formula is C10H20N2O. The molecule has 76 valence electrons. The summed E-state index contributed by atoms with van der Waals surface area (Å²) in [6, 6.07) is 0.474. The van der Waals surface area contributed by atoms with Gasteiger partial charge in [-0.3, -0.25) is 4.79 Å². The number of carbonyl (C=O) groups excluding carboxylic acids is 1. The van der Waals surface area contributed by atoms with Crippen molar-refractivity contribution in [2.45, 2.75) is 51.6 Å². The highest BCUT2D eigenvalue weighted by Gasteiger charge is 2.25. The maximum Gasteiger partial charge on any atom is 0.223 e. The standard InChI is InChI=1S/C10H20N2O/c1-7(2)12-10(13)8-4-3-5-9(11)6-8/h7-9H,3-6,11H2,1-2H3,(H,12,13)/t8-,9+/m0/s1. The lowest BCUT2D eigenvalue weighted by Gasteiger charge is -2.26. The van der Waals surface area contributed by atoms with Gasteiger partial charge in [0.15, 0.2) is 0 Å². The Morgan fingerprint density at radius 3 is 2.69 bits per heavy atom. The van der Waals surface area contributed by atoms with Crippen LogP contribution < -0.4 is 11.1 Å². The van der Waals surface area contributed by atoms with Gasteiger partial charge in [-0.15, -0.1) is 0 Å². The zero-order valence-corrected chi connectivity index (χ0v) is 8.55. The predicted octanol–water partition coefficient (Wildman–Crippen LogP) is 1.03. The highest BCUT2D eigenvalue weighted by atomic mass is 16.1. The largest absolute Gasteiger partial charge is 0.354 e. The summed E-state index contributed by atoms with van der Waals surface area (Å²) in [6.07, 6.45) is 4.04. The average molecular weight is 184 g/mol. The van der Waals surface area contributed by atoms with E-state index >= 15 is 0 Å². The van der Waals surface area contributed by atoms with Gasteiger partial charge in [0.25, 0.3) is 0 Å². The molecule has 3 heteroatoms. The van der Waals surface area contributed by atoms with Gasteiger partial charge in [0.05, 0.1) is 0 Å². The molecule has 0 aliphatic heterocycles. The van der Waals surface area contributed by atoms with Crippen LogP contribution in [-0.4, -0.2) is 18.0 Å². The minimum atomic E-state index is 0.158. The number of hydrogen-bond donors (Lipinski definition) is 2. The summed E-state index contributed by atoms with van der Waals surface area (Å²) in [7, 11) is 0. The van der Waals surface area contributed by atoms with E-state index in [4.69, 9.17) is 5.73 Å². The van der Waals surface area contributed by atoms with E-state index in [1.54, 1.807) is 0 Å². The Kier molecular flexibility index (Phi) is 3.72. The minimum Gasteiger partial charge on any atom is -0.354 e. The monoisotopic (exact) mass is 184 g/mol. The summed E-state index contributed by atoms with van der Waals surface area (Å²) >= 11 is 0. The molecule has 3 nitrogen and oxygen atoms in total. The molecule has 13 heavy (non-hydrogen) atoms. The average Bonchev–Trinajstić information content (AvgIpc) is 2.03. The van der Waals surface area contributed by atoms with Gasteiger partial charge in [0.2, 0.25) is 5.91 Å². The molecule has 1 amide bonds. The van der Waals surface area contributed by atoms with Crippen LogP contribution >= 0.6 is 0 Å². The molecule has 0 aromatic heterocycles. The van der Waals surface area contributed by atoms with Crippen molar-refractivity contribution in [2.24, 2.45) is 11.7 Å². The predicted molar refractivity (Wildman–Crippen MR) is 53.2 cm³/mol. The third-order valence-corrected chi connectivity index (χ3v) is 2.52. The molecule has 0 unspecified atom stereocenters. The van der Waals surface area contributed by atoms with Crippen molar-refractivity contribution < 1.29 is 4.79 Å². The summed E-state index contributed by atoms with van der Waals surface area (Å²) < 4.78 is 0. The Bertz CT molecular complexity index is 180. The maximum absolute atomic E-state index is 11.6. The topological polar surface area (TPSA) is 55.1 Å². The quantitative estimate of drug-likeness (QED) is 0.673. The van der Waals surface area contributed by atoms with Crippen LogP contribution in [0.3, 0.4) is 0 Å². The molecule has 2 atom stereocenters. The number of carbonyl (C=O) groups is 1. The first-order chi connectivity index (χ1) is 6.09. The smallest absolute Gasteiger partial charge is 0.223 e. The lowest BCUT2D eigenvalue weighted by atomic mass is 9.85. The highest BCUT2D eigenvalue weighted by Crippen LogP contribution is 2.23. The van der Waals surface area contributed by atoms with Gasteiger partial charge in [0, 0.05) is 18.0 Å². The first kappa shape index (κ1) is 10.5. The van der Waals surface area contributed by atoms with Gasteiger partial charge in [-0.2, -0.15) is 0 Å². The maximum atomic E-state index is 11.6. The van der Waals surface area contributed by atoms with Gasteiger partial charge in [0.1, 0.15) is 0 Å². The van der Waals surface area contributed by atoms with Crippen LogP contribution in [0.25, 0.3) is 0 Å². The van der Waals surface area contributed by atoms with Crippen molar-refractivity contribution in [3.05, 3.63) is 0 Å². The van der Waals surface area contributed by atoms with E-state index in [-0.39, 0.29) is 23.9 Å². The molecule has 0 spiro atoms. The Morgan fingerprint density at radius 1 is 1.46 bits per heavy atom. The molecule has 0 heterocycles. The SMILES string of the molecule is CC(C)NC(=O)[C@H]1CCC[C@@H](N)C1. The van der Waals surface area contributed by atoms with Crippen molar-refractivity contribution in [2.75, 3.05) is 0 Å². The molecule has 0 aromatic rings. The Balaban J connectivity index is 2.37. The second kappa shape index (κ2) is 4.61. The van der Waals surface area contributed by atoms with Crippen molar-refractivity contribution in [1.82, 2.24) is 5.32 Å². The van der Waals surface area contributed by atoms with Crippen LogP contribution in [0.5, 0.6) is 0 Å². The summed E-state index contributed by atoms with van der Waals surface area (Å²) in [4.78, 5) is 11.6. The van der Waals surface area contributed by atoms with Crippen LogP contribution in [0.2, 0.25) is 0 Å². The van der Waals surface area contributed by atoms with Crippen molar-refractivity contribution in [1.29, 1.82) is 0 Å². The molecule has 1 saturated carbocycles. The molecule has 1 rings (SSSR count). The van der Waals surface area contributed by atoms with Gasteiger partial charge in [-0.25, -0.2) is 0 Å². The molecule has 1 fully saturated rings. The van der Waals surface area contributed by atoms with Crippen LogP contribution in [0, 0.1) is 5.92 Å². The van der Waals surface area contributed by atoms with E-state index in [2.05, 4.69) is 5.32 Å². The van der Waals surface area contributed by atoms with Gasteiger partial charge < -0.3 is 11.1 Å². The van der Waals surface area contributed by atoms with Gasteiger partial charge in [-0.05, 0) is 33.1 Å². The van der Waals surface area contributed by atoms with Crippen molar-refractivity contribution in [3.63, 3.8) is 0 Å². The van der Waals surface area contributed by atoms with E-state index < -0.39 is 0 Å². The van der Waals surface area contributed by atoms with Crippen molar-refractivity contribution in [3.8, 4) is 0 Å². The van der Waals surface area contributed by atoms with Crippen LogP contribution in [0.4, 0.5) is 0 Å². The molecular weight excluding hydrogens is 164 g/mol. The van der Waals surface area contributed by atoms with E-state index in [0.717, 1.165) is 25.7 Å². The van der Waals surface area contributed by atoms with Crippen LogP contribution in [0.15, 0.2) is 0 Å². The van der Waals surface area contributed by atoms with E-state index in [1.165, 1.54) is 0 Å². The van der Waals surface area contributed by atoms with Crippen molar-refractivity contribution >= 4 is 5.91 Å². The fourth-order valence-electron chi connectivity index (χ4n) is 1.87. The second-order valence-corrected chi connectivity index (χ2v) is 4.29. The lowest BCUT2D eigenvalue weighted by Crippen LogP contribution is -2.40. The number of amides is 1. The molecule has 0 aromatic carbocycles. The van der Waals surface area contributed by atoms with Gasteiger partial charge in [-0.1, -0.05) is 6.42 Å². The molecule has 0 saturated heterocycles. The summed E-state index contributed by atoms with van der Waals surface area (Å²) in [6.45, 7) is 3.97. The zero-order valence-electron chi connectivity index (χ0n) is 8.55. The Hall–Kier alpha value is -0.570. The molecule has 1 aliphatic carbocycles. The molecule has 0 bridgehead atoms. The summed E-state index contributed by atoms with van der Waals surface area (Å²) in [5.74, 6) is 0.344. The normalized spacial score (nSPS) is 28.9. The first-order valence-electron chi connectivity index (χ1n) is 5.15. The zero-order chi connectivity index (χ0) is 9.84. The third kappa shape index (κ3) is 3.35. The Morgan fingerprint density at radius 2 is 2.15 bits per heavy atom. The molecule has 1 aliphatic rings. The van der Waals surface area contributed by atoms with E-state index in [0.29, 0.717) is 0 Å². The minimum absolute atomic E-state index is 0.158. The van der Waals surface area contributed by atoms with E-state index in [1.807, 2.05) is 13.8 Å². The fraction of sp³-hybridized carbons (Fsp3) is 0.900. The summed E-state index contributed by atoms with van der Waals surface area (Å²) in [5, 5.41) is 2.94. The lowest BCUT2D eigenvalue weighted by molar-refractivity contribution is -0.126. The Labute approximate surface area is 80.1 Å². The highest BCUT2D eigenvalue weighted by molar-refractivity contribution is 5.79. The van der Waals surface area contributed by atoms with Crippen LogP contribution in [0.1, 0.15) is 39.5 Å². The van der Waals surface area contributed by atoms with E-state index in [9.17, 15) is 4.79 Å². The van der Waals surface area contributed by atoms with Gasteiger partial charge >= 0.3 is 0 Å². The molecule has 3 N–H and O–H groups in total.